The molecule has 1 atom stereocenters. The normalized spacial score (nSPS) is 21.1. The minimum absolute atomic E-state index is 0.187. The second-order valence-electron chi connectivity index (χ2n) is 6.42. The zero-order chi connectivity index (χ0) is 14.0. The molecule has 3 heteroatoms. The van der Waals surface area contributed by atoms with Gasteiger partial charge in [-0.3, -0.25) is 0 Å². The average Bonchev–Trinajstić information content (AvgIpc) is 2.31. The first-order chi connectivity index (χ1) is 8.89. The first kappa shape index (κ1) is 14.3. The number of ether oxygens (including phenoxy) is 1. The summed E-state index contributed by atoms with van der Waals surface area (Å²) in [4.78, 5) is 0. The van der Waals surface area contributed by atoms with E-state index in [0.717, 1.165) is 25.7 Å². The van der Waals surface area contributed by atoms with E-state index < -0.39 is 0 Å². The van der Waals surface area contributed by atoms with Crippen molar-refractivity contribution in [2.24, 2.45) is 11.1 Å². The third-order valence-electron chi connectivity index (χ3n) is 4.05. The fourth-order valence-electron chi connectivity index (χ4n) is 2.73. The Labute approximate surface area is 115 Å². The smallest absolute Gasteiger partial charge is 0.131 e. The van der Waals surface area contributed by atoms with Gasteiger partial charge < -0.3 is 10.5 Å². The molecule has 1 aliphatic rings. The van der Waals surface area contributed by atoms with E-state index in [2.05, 4.69) is 13.8 Å². The van der Waals surface area contributed by atoms with Crippen molar-refractivity contribution >= 4 is 0 Å². The molecule has 2 N–H and O–H groups in total. The van der Waals surface area contributed by atoms with Crippen LogP contribution in [0.2, 0.25) is 0 Å². The highest BCUT2D eigenvalue weighted by atomic mass is 19.1. The van der Waals surface area contributed by atoms with Gasteiger partial charge in [0.1, 0.15) is 11.6 Å². The standard InChI is InChI=1S/C16H24FNO/c1-11(18)15-13(17)5-4-6-14(15)19-12-7-9-16(2,3)10-8-12/h4-6,11-12H,7-10,18H2,1-3H3/t11-/m0/s1. The van der Waals surface area contributed by atoms with E-state index in [1.807, 2.05) is 6.07 Å². The van der Waals surface area contributed by atoms with E-state index in [0.29, 0.717) is 16.7 Å². The largest absolute Gasteiger partial charge is 0.490 e. The molecule has 0 bridgehead atoms. The van der Waals surface area contributed by atoms with E-state index >= 15 is 0 Å². The van der Waals surface area contributed by atoms with E-state index in [1.54, 1.807) is 13.0 Å². The van der Waals surface area contributed by atoms with Crippen LogP contribution in [0.25, 0.3) is 0 Å². The van der Waals surface area contributed by atoms with Gasteiger partial charge in [0.2, 0.25) is 0 Å². The second kappa shape index (κ2) is 5.49. The van der Waals surface area contributed by atoms with Crippen molar-refractivity contribution in [3.63, 3.8) is 0 Å². The molecule has 0 amide bonds. The highest BCUT2D eigenvalue weighted by Gasteiger charge is 2.28. The van der Waals surface area contributed by atoms with Gasteiger partial charge in [-0.2, -0.15) is 0 Å². The number of halogens is 1. The summed E-state index contributed by atoms with van der Waals surface area (Å²) >= 11 is 0. The molecule has 0 saturated heterocycles. The lowest BCUT2D eigenvalue weighted by atomic mass is 9.76. The molecule has 0 heterocycles. The van der Waals surface area contributed by atoms with Crippen molar-refractivity contribution in [2.45, 2.75) is 58.6 Å². The molecule has 1 saturated carbocycles. The molecule has 0 spiro atoms. The SMILES string of the molecule is C[C@H](N)c1c(F)cccc1OC1CCC(C)(C)CC1. The Bertz CT molecular complexity index is 432. The van der Waals surface area contributed by atoms with Crippen LogP contribution in [-0.2, 0) is 0 Å². The highest BCUT2D eigenvalue weighted by Crippen LogP contribution is 2.37. The van der Waals surface area contributed by atoms with Crippen LogP contribution >= 0.6 is 0 Å². The Kier molecular flexibility index (Phi) is 4.14. The molecule has 0 radical (unpaired) electrons. The van der Waals surface area contributed by atoms with Crippen molar-refractivity contribution in [3.05, 3.63) is 29.6 Å². The second-order valence-corrected chi connectivity index (χ2v) is 6.42. The molecular weight excluding hydrogens is 241 g/mol. The van der Waals surface area contributed by atoms with Gasteiger partial charge in [-0.25, -0.2) is 4.39 Å². The first-order valence-corrected chi connectivity index (χ1v) is 7.10. The van der Waals surface area contributed by atoms with Gasteiger partial charge in [0.25, 0.3) is 0 Å². The Morgan fingerprint density at radius 2 is 1.95 bits per heavy atom. The lowest BCUT2D eigenvalue weighted by molar-refractivity contribution is 0.0973. The highest BCUT2D eigenvalue weighted by molar-refractivity contribution is 5.37. The summed E-state index contributed by atoms with van der Waals surface area (Å²) in [5, 5.41) is 0. The molecule has 0 aromatic heterocycles. The van der Waals surface area contributed by atoms with Crippen molar-refractivity contribution in [1.82, 2.24) is 0 Å². The molecule has 106 valence electrons. The fraction of sp³-hybridized carbons (Fsp3) is 0.625. The van der Waals surface area contributed by atoms with E-state index in [9.17, 15) is 4.39 Å². The van der Waals surface area contributed by atoms with Crippen LogP contribution in [0.15, 0.2) is 18.2 Å². The monoisotopic (exact) mass is 265 g/mol. The van der Waals surface area contributed by atoms with Crippen LogP contribution in [0.1, 0.15) is 58.1 Å². The summed E-state index contributed by atoms with van der Waals surface area (Å²) < 4.78 is 19.8. The zero-order valence-electron chi connectivity index (χ0n) is 12.1. The van der Waals surface area contributed by atoms with Crippen LogP contribution in [0.5, 0.6) is 5.75 Å². The van der Waals surface area contributed by atoms with Crippen molar-refractivity contribution < 1.29 is 9.13 Å². The Balaban J connectivity index is 2.10. The molecule has 1 aromatic rings. The molecule has 2 rings (SSSR count). The number of nitrogens with two attached hydrogens (primary N) is 1. The van der Waals surface area contributed by atoms with Crippen LogP contribution in [0.3, 0.4) is 0 Å². The van der Waals surface area contributed by atoms with E-state index in [4.69, 9.17) is 10.5 Å². The molecular formula is C16H24FNO. The topological polar surface area (TPSA) is 35.2 Å². The summed E-state index contributed by atoms with van der Waals surface area (Å²) in [6.07, 6.45) is 4.55. The van der Waals surface area contributed by atoms with Crippen molar-refractivity contribution in [3.8, 4) is 5.75 Å². The van der Waals surface area contributed by atoms with Crippen molar-refractivity contribution in [1.29, 1.82) is 0 Å². The van der Waals surface area contributed by atoms with Crippen LogP contribution in [-0.4, -0.2) is 6.10 Å². The van der Waals surface area contributed by atoms with Gasteiger partial charge in [-0.15, -0.1) is 0 Å². The minimum atomic E-state index is -0.351. The maximum atomic E-state index is 13.8. The van der Waals surface area contributed by atoms with Crippen molar-refractivity contribution in [2.75, 3.05) is 0 Å². The number of rotatable bonds is 3. The Morgan fingerprint density at radius 1 is 1.32 bits per heavy atom. The molecule has 2 nitrogen and oxygen atoms in total. The maximum absolute atomic E-state index is 13.8. The molecule has 0 unspecified atom stereocenters. The lowest BCUT2D eigenvalue weighted by Gasteiger charge is -2.34. The average molecular weight is 265 g/mol. The predicted molar refractivity (Wildman–Crippen MR) is 75.7 cm³/mol. The molecule has 1 aliphatic carbocycles. The summed E-state index contributed by atoms with van der Waals surface area (Å²) in [6, 6.07) is 4.59. The summed E-state index contributed by atoms with van der Waals surface area (Å²) in [5.41, 5.74) is 6.74. The summed E-state index contributed by atoms with van der Waals surface area (Å²) in [7, 11) is 0. The van der Waals surface area contributed by atoms with Gasteiger partial charge in [-0.1, -0.05) is 19.9 Å². The number of hydrogen-bond acceptors (Lipinski definition) is 2. The van der Waals surface area contributed by atoms with Gasteiger partial charge in [-0.05, 0) is 50.2 Å². The van der Waals surface area contributed by atoms with Gasteiger partial charge in [0.05, 0.1) is 6.10 Å². The summed E-state index contributed by atoms with van der Waals surface area (Å²) in [5.74, 6) is 0.336. The van der Waals surface area contributed by atoms with Gasteiger partial charge in [0.15, 0.2) is 0 Å². The third kappa shape index (κ3) is 3.47. The van der Waals surface area contributed by atoms with Crippen LogP contribution in [0, 0.1) is 11.2 Å². The van der Waals surface area contributed by atoms with Gasteiger partial charge in [0, 0.05) is 11.6 Å². The van der Waals surface area contributed by atoms with E-state index in [-0.39, 0.29) is 18.0 Å². The molecule has 1 aromatic carbocycles. The van der Waals surface area contributed by atoms with Crippen LogP contribution < -0.4 is 10.5 Å². The van der Waals surface area contributed by atoms with Crippen LogP contribution in [0.4, 0.5) is 4.39 Å². The molecule has 1 fully saturated rings. The van der Waals surface area contributed by atoms with E-state index in [1.165, 1.54) is 6.07 Å². The lowest BCUT2D eigenvalue weighted by Crippen LogP contribution is -2.29. The fourth-order valence-corrected chi connectivity index (χ4v) is 2.73. The zero-order valence-corrected chi connectivity index (χ0v) is 12.1. The summed E-state index contributed by atoms with van der Waals surface area (Å²) in [6.45, 7) is 6.37. The third-order valence-corrected chi connectivity index (χ3v) is 4.05. The van der Waals surface area contributed by atoms with Gasteiger partial charge >= 0.3 is 0 Å². The Morgan fingerprint density at radius 3 is 2.53 bits per heavy atom. The minimum Gasteiger partial charge on any atom is -0.490 e. The first-order valence-electron chi connectivity index (χ1n) is 7.10. The Hall–Kier alpha value is -1.09. The maximum Gasteiger partial charge on any atom is 0.131 e. The number of benzene rings is 1. The quantitative estimate of drug-likeness (QED) is 0.889. The predicted octanol–water partition coefficient (Wildman–Crippen LogP) is 4.19. The molecule has 0 aliphatic heterocycles. The number of hydrogen-bond donors (Lipinski definition) is 1. The molecule has 19 heavy (non-hydrogen) atoms.